The molecule has 3 rings (SSSR count). The molecule has 138 valence electrons. The Kier molecular flexibility index (Phi) is 4.75. The van der Waals surface area contributed by atoms with Crippen LogP contribution < -0.4 is 5.49 Å². The Morgan fingerprint density at radius 3 is 2.52 bits per heavy atom. The molecule has 0 atom stereocenters. The van der Waals surface area contributed by atoms with E-state index in [2.05, 4.69) is 4.98 Å². The van der Waals surface area contributed by atoms with E-state index in [-0.39, 0.29) is 21.6 Å². The van der Waals surface area contributed by atoms with E-state index < -0.39 is 23.5 Å². The standard InChI is InChI=1S/C17H11F3N4O2S/c18-17(19,20)16(22)24-12-7-2-1-6-11(12)23-14(13(24)21)27-10-5-3-4-9(8-10)15(25)26/h1-8,21-22H,(H,25,26). The fourth-order valence-corrected chi connectivity index (χ4v) is 3.25. The molecule has 0 bridgehead atoms. The topological polar surface area (TPSA) is 103 Å². The second kappa shape index (κ2) is 6.88. The van der Waals surface area contributed by atoms with E-state index in [1.54, 1.807) is 12.1 Å². The molecule has 0 radical (unpaired) electrons. The minimum atomic E-state index is -4.95. The Bertz CT molecular complexity index is 1130. The van der Waals surface area contributed by atoms with Crippen molar-refractivity contribution in [1.29, 1.82) is 10.8 Å². The number of nitrogens with zero attached hydrogens (tertiary/aromatic N) is 2. The van der Waals surface area contributed by atoms with Crippen LogP contribution in [0.25, 0.3) is 11.0 Å². The molecule has 0 amide bonds. The molecule has 1 aromatic heterocycles. The van der Waals surface area contributed by atoms with Crippen LogP contribution in [0, 0.1) is 10.8 Å². The fourth-order valence-electron chi connectivity index (χ4n) is 2.36. The number of fused-ring (bicyclic) bond motifs is 1. The molecule has 0 unspecified atom stereocenters. The van der Waals surface area contributed by atoms with Crippen molar-refractivity contribution in [1.82, 2.24) is 9.55 Å². The minimum absolute atomic E-state index is 0.00299. The van der Waals surface area contributed by atoms with Gasteiger partial charge in [-0.25, -0.2) is 9.78 Å². The van der Waals surface area contributed by atoms with Crippen LogP contribution in [0.5, 0.6) is 0 Å². The van der Waals surface area contributed by atoms with Crippen molar-refractivity contribution < 1.29 is 23.1 Å². The zero-order chi connectivity index (χ0) is 19.8. The molecule has 0 fully saturated rings. The number of aromatic carboxylic acids is 1. The average molecular weight is 392 g/mol. The van der Waals surface area contributed by atoms with Gasteiger partial charge in [0.05, 0.1) is 16.6 Å². The van der Waals surface area contributed by atoms with Crippen molar-refractivity contribution >= 4 is 34.6 Å². The third-order valence-corrected chi connectivity index (χ3v) is 4.53. The molecule has 0 aliphatic carbocycles. The number of hydrogen-bond acceptors (Lipinski definition) is 5. The van der Waals surface area contributed by atoms with E-state index in [9.17, 15) is 18.0 Å². The summed E-state index contributed by atoms with van der Waals surface area (Å²) in [5, 5.41) is 24.6. The van der Waals surface area contributed by atoms with Crippen LogP contribution in [0.1, 0.15) is 10.4 Å². The van der Waals surface area contributed by atoms with Crippen LogP contribution in [0.4, 0.5) is 13.2 Å². The van der Waals surface area contributed by atoms with E-state index in [1.165, 1.54) is 36.4 Å². The minimum Gasteiger partial charge on any atom is -0.478 e. The Hall–Kier alpha value is -3.14. The van der Waals surface area contributed by atoms with Crippen molar-refractivity contribution in [3.63, 3.8) is 0 Å². The summed E-state index contributed by atoms with van der Waals surface area (Å²) in [5.74, 6) is -2.85. The number of halogens is 3. The SMILES string of the molecule is N=C(n1c(=N)c(Sc2cccc(C(=O)O)c2)nc2ccccc21)C(F)(F)F. The number of carboxylic acids is 1. The van der Waals surface area contributed by atoms with Gasteiger partial charge in [-0.1, -0.05) is 30.0 Å². The molecule has 3 N–H and O–H groups in total. The number of rotatable bonds is 3. The number of carboxylic acid groups (broad SMARTS) is 1. The predicted molar refractivity (Wildman–Crippen MR) is 92.3 cm³/mol. The summed E-state index contributed by atoms with van der Waals surface area (Å²) in [7, 11) is 0. The lowest BCUT2D eigenvalue weighted by molar-refractivity contribution is -0.0624. The number of benzene rings is 2. The van der Waals surface area contributed by atoms with Gasteiger partial charge in [-0.2, -0.15) is 13.2 Å². The lowest BCUT2D eigenvalue weighted by Gasteiger charge is -2.16. The van der Waals surface area contributed by atoms with Crippen molar-refractivity contribution in [2.24, 2.45) is 0 Å². The van der Waals surface area contributed by atoms with E-state index in [1.807, 2.05) is 0 Å². The molecule has 1 heterocycles. The van der Waals surface area contributed by atoms with Gasteiger partial charge in [-0.05, 0) is 30.3 Å². The van der Waals surface area contributed by atoms with Crippen LogP contribution >= 0.6 is 11.8 Å². The van der Waals surface area contributed by atoms with Gasteiger partial charge in [0.15, 0.2) is 5.49 Å². The summed E-state index contributed by atoms with van der Waals surface area (Å²) in [4.78, 5) is 15.7. The molecule has 0 aliphatic heterocycles. The quantitative estimate of drug-likeness (QED) is 0.466. The maximum atomic E-state index is 13.1. The lowest BCUT2D eigenvalue weighted by Crippen LogP contribution is -2.38. The monoisotopic (exact) mass is 392 g/mol. The number of hydrogen-bond donors (Lipinski definition) is 3. The number of aromatic nitrogens is 2. The number of alkyl halides is 3. The maximum absolute atomic E-state index is 13.1. The molecule has 3 aromatic rings. The summed E-state index contributed by atoms with van der Waals surface area (Å²) in [6.45, 7) is 0. The van der Waals surface area contributed by atoms with Gasteiger partial charge < -0.3 is 5.11 Å². The van der Waals surface area contributed by atoms with Crippen LogP contribution in [-0.4, -0.2) is 32.6 Å². The number of nitrogens with one attached hydrogen (secondary N) is 2. The average Bonchev–Trinajstić information content (AvgIpc) is 2.61. The first kappa shape index (κ1) is 18.6. The Morgan fingerprint density at radius 2 is 1.85 bits per heavy atom. The number of para-hydroxylation sites is 2. The number of carbonyl (C=O) groups is 1. The lowest BCUT2D eigenvalue weighted by atomic mass is 10.2. The summed E-state index contributed by atoms with van der Waals surface area (Å²) >= 11 is 0.856. The molecule has 0 saturated heterocycles. The highest BCUT2D eigenvalue weighted by Gasteiger charge is 2.37. The molecule has 2 aromatic carbocycles. The van der Waals surface area contributed by atoms with Crippen molar-refractivity contribution in [2.45, 2.75) is 16.1 Å². The van der Waals surface area contributed by atoms with Gasteiger partial charge in [-0.15, -0.1) is 0 Å². The van der Waals surface area contributed by atoms with Crippen LogP contribution in [0.3, 0.4) is 0 Å². The summed E-state index contributed by atoms with van der Waals surface area (Å²) in [5.41, 5.74) is -0.446. The molecule has 10 heteroatoms. The van der Waals surface area contributed by atoms with Gasteiger partial charge in [0.25, 0.3) is 0 Å². The fraction of sp³-hybridized carbons (Fsp3) is 0.0588. The highest BCUT2D eigenvalue weighted by Crippen LogP contribution is 2.27. The summed E-state index contributed by atoms with van der Waals surface area (Å²) in [6.07, 6.45) is -4.95. The van der Waals surface area contributed by atoms with E-state index in [4.69, 9.17) is 15.9 Å². The maximum Gasteiger partial charge on any atom is 0.449 e. The third-order valence-electron chi connectivity index (χ3n) is 3.56. The zero-order valence-corrected chi connectivity index (χ0v) is 14.2. The second-order valence-corrected chi connectivity index (χ2v) is 6.43. The van der Waals surface area contributed by atoms with Crippen LogP contribution in [-0.2, 0) is 0 Å². The van der Waals surface area contributed by atoms with E-state index in [0.717, 1.165) is 11.8 Å². The molecule has 0 aliphatic rings. The van der Waals surface area contributed by atoms with Gasteiger partial charge in [-0.3, -0.25) is 15.4 Å². The van der Waals surface area contributed by atoms with Crippen molar-refractivity contribution in [3.05, 3.63) is 59.6 Å². The highest BCUT2D eigenvalue weighted by atomic mass is 32.2. The molecule has 6 nitrogen and oxygen atoms in total. The molecule has 0 saturated carbocycles. The molecule has 27 heavy (non-hydrogen) atoms. The third kappa shape index (κ3) is 3.70. The second-order valence-electron chi connectivity index (χ2n) is 5.37. The zero-order valence-electron chi connectivity index (χ0n) is 13.4. The van der Waals surface area contributed by atoms with E-state index >= 15 is 0 Å². The van der Waals surface area contributed by atoms with Gasteiger partial charge >= 0.3 is 12.1 Å². The first-order valence-corrected chi connectivity index (χ1v) is 8.24. The van der Waals surface area contributed by atoms with Gasteiger partial charge in [0.1, 0.15) is 5.03 Å². The Labute approximate surface area is 154 Å². The Balaban J connectivity index is 2.19. The highest BCUT2D eigenvalue weighted by molar-refractivity contribution is 7.99. The smallest absolute Gasteiger partial charge is 0.449 e. The van der Waals surface area contributed by atoms with Gasteiger partial charge in [0.2, 0.25) is 5.84 Å². The molecular formula is C17H11F3N4O2S. The molecule has 0 spiro atoms. The molecular weight excluding hydrogens is 381 g/mol. The first-order chi connectivity index (χ1) is 12.7. The van der Waals surface area contributed by atoms with Crippen molar-refractivity contribution in [3.8, 4) is 0 Å². The van der Waals surface area contributed by atoms with Crippen LogP contribution in [0.15, 0.2) is 58.5 Å². The van der Waals surface area contributed by atoms with Crippen molar-refractivity contribution in [2.75, 3.05) is 0 Å². The summed E-state index contributed by atoms with van der Waals surface area (Å²) in [6, 6.07) is 11.7. The first-order valence-electron chi connectivity index (χ1n) is 7.42. The normalized spacial score (nSPS) is 11.5. The Morgan fingerprint density at radius 1 is 1.15 bits per heavy atom. The van der Waals surface area contributed by atoms with Gasteiger partial charge in [0, 0.05) is 4.90 Å². The van der Waals surface area contributed by atoms with E-state index in [0.29, 0.717) is 9.46 Å². The summed E-state index contributed by atoms with van der Waals surface area (Å²) < 4.78 is 39.8. The van der Waals surface area contributed by atoms with Crippen LogP contribution in [0.2, 0.25) is 0 Å². The largest absolute Gasteiger partial charge is 0.478 e. The predicted octanol–water partition coefficient (Wildman–Crippen LogP) is 3.75.